The first-order chi connectivity index (χ1) is 71.6. The number of aromatic hydroxyl groups is 2. The zero-order valence-electron chi connectivity index (χ0n) is 83.9. The van der Waals surface area contributed by atoms with E-state index in [9.17, 15) is 44.1 Å². The Labute approximate surface area is 875 Å². The normalized spacial score (nSPS) is 21.7. The Kier molecular flexibility index (Phi) is 51.7. The summed E-state index contributed by atoms with van der Waals surface area (Å²) in [6, 6.07) is -1.81. The summed E-state index contributed by atoms with van der Waals surface area (Å²) < 4.78 is 0. The number of carboxylic acids is 1. The largest absolute Gasteiger partial charge is 0.508 e. The van der Waals surface area contributed by atoms with Gasteiger partial charge in [0, 0.05) is 63.4 Å². The molecule has 0 aromatic heterocycles. The molecular weight excluding hydrogens is 1990 g/mol. The van der Waals surface area contributed by atoms with Crippen LogP contribution in [-0.2, 0) is 101 Å². The van der Waals surface area contributed by atoms with Crippen LogP contribution in [0.2, 0.25) is 0 Å². The molecule has 4 heterocycles. The highest BCUT2D eigenvalue weighted by Gasteiger charge is 2.47. The number of aliphatic carboxylic acids is 1. The number of phenolic OH excluding ortho intramolecular Hbond substituents is 2. The van der Waals surface area contributed by atoms with Gasteiger partial charge in [-0.1, -0.05) is 88.3 Å². The molecule has 8 rings (SSSR count). The van der Waals surface area contributed by atoms with Crippen LogP contribution in [0.3, 0.4) is 0 Å². The maximum atomic E-state index is 16.2. The van der Waals surface area contributed by atoms with Crippen molar-refractivity contribution in [2.45, 2.75) is 270 Å². The number of amides is 18. The second kappa shape index (κ2) is 63.3. The lowest BCUT2D eigenvalue weighted by Crippen LogP contribution is -2.61. The molecular formula is C95H150N32O21S2. The number of carbonyl (C=O) groups is 18. The third kappa shape index (κ3) is 41.1. The number of phenols is 2. The number of hydrogen-bond donors (Lipinski definition) is 32. The van der Waals surface area contributed by atoms with Crippen molar-refractivity contribution in [2.75, 3.05) is 77.0 Å². The molecule has 0 unspecified atom stereocenters. The van der Waals surface area contributed by atoms with E-state index in [1.165, 1.54) is 58.3 Å². The van der Waals surface area contributed by atoms with Crippen molar-refractivity contribution in [1.82, 2.24) is 105 Å². The van der Waals surface area contributed by atoms with Crippen molar-refractivity contribution in [1.29, 1.82) is 0 Å². The minimum Gasteiger partial charge on any atom is -0.508 e. The number of primary amides is 2. The van der Waals surface area contributed by atoms with E-state index < -0.39 is 266 Å². The molecule has 18 amide bonds. The predicted octanol–water partition coefficient (Wildman–Crippen LogP) is -9.37. The van der Waals surface area contributed by atoms with Gasteiger partial charge in [0.15, 0.2) is 0 Å². The SMILES string of the molecule is NCCCC[C@@H]1NC(=O)[C@H](CCC(N)=O)NC(=O)[C@H](Cc2ccc(O)cc2)NC(=O)[C@@H](NC(=O)[C@H](Cc2cccc3ccccc23)NC(=O)[C@H](CCCNC(N)N)NC(=O)[C@@H](N)CCCNC(N)N)CSSC[C@@H](C(=O)N[C@@H](CCCNC(N)N)C(=O)NCC(=O)N2CCC[C@@H]2C(=O)O)NC(=O)[C@H](CCCNC(N)=O)NC(=O)[C@H](CCCNC(N)N)NC(=O)[C@H](Cc2ccc(O)cc2)NC(=O)[C@@H]2CCCN2C(=O)[C@H]2CCCN2C1=O. The Morgan fingerprint density at radius 2 is 0.907 bits per heavy atom. The fourth-order valence-electron chi connectivity index (χ4n) is 17.7. The van der Waals surface area contributed by atoms with Crippen LogP contribution < -0.4 is 159 Å². The summed E-state index contributed by atoms with van der Waals surface area (Å²) in [4.78, 5) is 271. The molecule has 4 aliphatic heterocycles. The van der Waals surface area contributed by atoms with Crippen LogP contribution >= 0.6 is 21.6 Å². The zero-order valence-corrected chi connectivity index (χ0v) is 85.5. The van der Waals surface area contributed by atoms with E-state index in [4.69, 9.17) is 68.8 Å². The average Bonchev–Trinajstić information content (AvgIpc) is 1.63. The lowest BCUT2D eigenvalue weighted by molar-refractivity contribution is -0.148. The number of carboxylic acid groups (broad SMARTS) is 1. The van der Waals surface area contributed by atoms with Gasteiger partial charge in [-0.25, -0.2) is 9.59 Å². The van der Waals surface area contributed by atoms with Crippen molar-refractivity contribution in [3.8, 4) is 11.5 Å². The minimum atomic E-state index is -1.94. The van der Waals surface area contributed by atoms with Gasteiger partial charge in [-0.15, -0.1) is 0 Å². The smallest absolute Gasteiger partial charge is 0.326 e. The van der Waals surface area contributed by atoms with Gasteiger partial charge >= 0.3 is 12.0 Å². The van der Waals surface area contributed by atoms with Crippen molar-refractivity contribution in [2.24, 2.45) is 68.8 Å². The number of hydrogen-bond acceptors (Lipinski definition) is 36. The summed E-state index contributed by atoms with van der Waals surface area (Å²) >= 11 is 0. The number of rotatable bonds is 49. The molecule has 15 atom stereocenters. The second-order valence-electron chi connectivity index (χ2n) is 37.3. The third-order valence-corrected chi connectivity index (χ3v) is 28.1. The molecule has 55 heteroatoms. The van der Waals surface area contributed by atoms with E-state index in [2.05, 4.69) is 90.4 Å². The maximum absolute atomic E-state index is 16.2. The Bertz CT molecular complexity index is 5170. The van der Waals surface area contributed by atoms with Crippen LogP contribution in [-0.4, -0.2) is 329 Å². The van der Waals surface area contributed by atoms with E-state index >= 15 is 57.5 Å². The molecule has 44 N–H and O–H groups in total. The summed E-state index contributed by atoms with van der Waals surface area (Å²) in [6.45, 7) is -0.547. The van der Waals surface area contributed by atoms with Gasteiger partial charge in [-0.3, -0.25) is 98.0 Å². The molecule has 4 fully saturated rings. The Balaban J connectivity index is 1.31. The van der Waals surface area contributed by atoms with Crippen LogP contribution in [0.5, 0.6) is 11.5 Å². The van der Waals surface area contributed by atoms with Crippen LogP contribution in [0.4, 0.5) is 4.79 Å². The second-order valence-corrected chi connectivity index (χ2v) is 39.9. The van der Waals surface area contributed by atoms with Gasteiger partial charge in [-0.2, -0.15) is 0 Å². The number of carbonyl (C=O) groups excluding carboxylic acids is 17. The lowest BCUT2D eigenvalue weighted by atomic mass is 9.97. The molecule has 828 valence electrons. The first-order valence-corrected chi connectivity index (χ1v) is 52.8. The first kappa shape index (κ1) is 122. The Hall–Kier alpha value is -12.9. The first-order valence-electron chi connectivity index (χ1n) is 50.4. The molecule has 4 saturated heterocycles. The fraction of sp³-hybridized carbons (Fsp3) is 0.579. The molecule has 150 heavy (non-hydrogen) atoms. The highest BCUT2D eigenvalue weighted by Crippen LogP contribution is 2.30. The van der Waals surface area contributed by atoms with E-state index in [1.54, 1.807) is 42.5 Å². The standard InChI is InChI=1S/C95H150N32O21S2/c96-37-4-3-19-65-88(144)127-45-12-25-72(127)89(145)126-44-11-24-71(126)87(143)122-67(47-53-29-33-57(129)34-30-53)83(139)117-62(22-9-41-111-94(105)106)78(134)116-63(23-10-42-112-95(107)148)80(136)123-69(85(141)115-60(20-7-39-109-92(101)102)77(133)113-49-75(131)125-43-13-26-73(125)90(146)147)50-149-150-51-70(86(142)120-66(46-52-27-31-56(128)32-28-52)82(138)118-64(81(137)119-65)35-36-74(98)130)124-84(140)68(48-55-16-5-15-54-14-1-2-17-58(54)55)121-79(135)61(21-8-40-110-93(103)104)114-76(132)59(97)18-6-38-108-91(99)100/h1-2,5,14-17,27-34,59-73,91-94,108-111,128-129H,3-4,6-13,18-26,35-51,96-97,99-106H2,(H2,98,130)(H,113,133)(H,114,132)(H,115,141)(H,116,134)(H,117,139)(H,118,138)(H,119,137)(H,120,142)(H,121,135)(H,122,143)(H,123,136)(H,124,140)(H,146,147)(H3,107,112,148)/t59-,60-,61-,62-,63-,64-,65-,66-,67-,68-,69-,70-,71-,72+,73+/m0/s1. The van der Waals surface area contributed by atoms with Gasteiger partial charge in [0.2, 0.25) is 94.5 Å². The predicted molar refractivity (Wildman–Crippen MR) is 556 cm³/mol. The minimum absolute atomic E-state index is 0.00529. The summed E-state index contributed by atoms with van der Waals surface area (Å²) in [5.74, 6) is -18.7. The Morgan fingerprint density at radius 3 is 1.47 bits per heavy atom. The van der Waals surface area contributed by atoms with Gasteiger partial charge in [-0.05, 0) is 213 Å². The van der Waals surface area contributed by atoms with Gasteiger partial charge in [0.1, 0.15) is 121 Å². The molecule has 4 aliphatic rings. The lowest BCUT2D eigenvalue weighted by Gasteiger charge is -2.34. The number of nitrogens with zero attached hydrogens (tertiary/aromatic N) is 3. The number of nitrogens with two attached hydrogens (primary N) is 12. The Morgan fingerprint density at radius 1 is 0.433 bits per heavy atom. The quantitative estimate of drug-likeness (QED) is 0.0111. The van der Waals surface area contributed by atoms with Crippen molar-refractivity contribution in [3.05, 3.63) is 108 Å². The molecule has 0 aliphatic carbocycles. The van der Waals surface area contributed by atoms with Gasteiger partial charge < -0.3 is 168 Å². The summed E-state index contributed by atoms with van der Waals surface area (Å²) in [5, 5.41) is 78.4. The van der Waals surface area contributed by atoms with Gasteiger partial charge in [0.05, 0.1) is 12.6 Å². The van der Waals surface area contributed by atoms with E-state index in [0.29, 0.717) is 41.2 Å². The molecule has 0 radical (unpaired) electrons. The van der Waals surface area contributed by atoms with Crippen LogP contribution in [0.1, 0.15) is 152 Å². The van der Waals surface area contributed by atoms with E-state index in [0.717, 1.165) is 26.5 Å². The maximum Gasteiger partial charge on any atom is 0.326 e. The number of benzene rings is 4. The monoisotopic (exact) mass is 2140 g/mol. The fourth-order valence-corrected chi connectivity index (χ4v) is 20.0. The summed E-state index contributed by atoms with van der Waals surface area (Å²) in [6.07, 6.45) is -5.71. The van der Waals surface area contributed by atoms with Gasteiger partial charge in [0.25, 0.3) is 0 Å². The van der Waals surface area contributed by atoms with Crippen LogP contribution in [0, 0.1) is 0 Å². The van der Waals surface area contributed by atoms with Crippen LogP contribution in [0.25, 0.3) is 10.8 Å². The number of fused-ring (bicyclic) bond motifs is 3. The summed E-state index contributed by atoms with van der Waals surface area (Å²) in [7, 11) is 1.46. The molecule has 4 aromatic carbocycles. The number of nitrogens with one attached hydrogen (secondary N) is 17. The van der Waals surface area contributed by atoms with Crippen molar-refractivity contribution < 1.29 is 102 Å². The van der Waals surface area contributed by atoms with Crippen molar-refractivity contribution in [3.63, 3.8) is 0 Å². The topological polar surface area (TPSA) is 894 Å². The van der Waals surface area contributed by atoms with E-state index in [-0.39, 0.29) is 185 Å². The average molecular weight is 2140 g/mol. The van der Waals surface area contributed by atoms with Crippen molar-refractivity contribution >= 4 is 139 Å². The molecule has 0 bridgehead atoms. The highest BCUT2D eigenvalue weighted by molar-refractivity contribution is 8.76. The molecule has 0 saturated carbocycles. The molecule has 0 spiro atoms. The van der Waals surface area contributed by atoms with Crippen LogP contribution in [0.15, 0.2) is 91.0 Å². The van der Waals surface area contributed by atoms with E-state index in [1.807, 2.05) is 0 Å². The number of likely N-dealkylation sites (tertiary alicyclic amines) is 1. The zero-order chi connectivity index (χ0) is 110. The third-order valence-electron chi connectivity index (χ3n) is 25.6. The number of unbranched alkanes of at least 4 members (excludes halogenated alkanes) is 1. The molecule has 53 nitrogen and oxygen atoms in total. The number of urea groups is 1. The molecule has 4 aromatic rings. The highest BCUT2D eigenvalue weighted by atomic mass is 33.1. The summed E-state index contributed by atoms with van der Waals surface area (Å²) in [5.41, 5.74) is 71.2.